The van der Waals surface area contributed by atoms with Crippen LogP contribution in [0.2, 0.25) is 5.02 Å². The highest BCUT2D eigenvalue weighted by Crippen LogP contribution is 2.31. The van der Waals surface area contributed by atoms with Gasteiger partial charge in [-0.1, -0.05) is 18.5 Å². The van der Waals surface area contributed by atoms with Gasteiger partial charge in [0.15, 0.2) is 0 Å². The van der Waals surface area contributed by atoms with Crippen molar-refractivity contribution in [2.75, 3.05) is 38.2 Å². The lowest BCUT2D eigenvalue weighted by Gasteiger charge is -2.36. The third-order valence-electron chi connectivity index (χ3n) is 3.58. The lowest BCUT2D eigenvalue weighted by Crippen LogP contribution is -2.48. The summed E-state index contributed by atoms with van der Waals surface area (Å²) in [6, 6.07) is 5.63. The smallest absolute Gasteiger partial charge is 0.222 e. The minimum Gasteiger partial charge on any atom is -0.495 e. The standard InChI is InChI=1S/C15H21ClN2O2/c1-3-4-15(19)18-9-7-17(8-10-18)13-11-12(16)5-6-14(13)20-2/h5-6,11H,3-4,7-10H2,1-2H3. The lowest BCUT2D eigenvalue weighted by atomic mass is 10.2. The second kappa shape index (κ2) is 6.84. The van der Waals surface area contributed by atoms with E-state index in [9.17, 15) is 4.79 Å². The van der Waals surface area contributed by atoms with Crippen molar-refractivity contribution in [3.8, 4) is 5.75 Å². The van der Waals surface area contributed by atoms with E-state index in [0.29, 0.717) is 11.4 Å². The molecule has 0 aliphatic carbocycles. The first-order chi connectivity index (χ1) is 9.65. The Kier molecular flexibility index (Phi) is 5.12. The Balaban J connectivity index is 2.03. The molecule has 5 heteroatoms. The van der Waals surface area contributed by atoms with Gasteiger partial charge in [-0.25, -0.2) is 0 Å². The fraction of sp³-hybridized carbons (Fsp3) is 0.533. The summed E-state index contributed by atoms with van der Waals surface area (Å²) in [5.74, 6) is 1.08. The number of hydrogen-bond donors (Lipinski definition) is 0. The van der Waals surface area contributed by atoms with Gasteiger partial charge in [0, 0.05) is 37.6 Å². The van der Waals surface area contributed by atoms with Crippen molar-refractivity contribution in [2.45, 2.75) is 19.8 Å². The maximum Gasteiger partial charge on any atom is 0.222 e. The topological polar surface area (TPSA) is 32.8 Å². The Morgan fingerprint density at radius 3 is 2.60 bits per heavy atom. The average molecular weight is 297 g/mol. The Labute approximate surface area is 125 Å². The first kappa shape index (κ1) is 15.0. The number of hydrogen-bond acceptors (Lipinski definition) is 3. The number of halogens is 1. The molecule has 0 bridgehead atoms. The number of amides is 1. The highest BCUT2D eigenvalue weighted by atomic mass is 35.5. The van der Waals surface area contributed by atoms with Crippen LogP contribution in [0, 0.1) is 0 Å². The van der Waals surface area contributed by atoms with E-state index in [4.69, 9.17) is 16.3 Å². The molecule has 0 unspecified atom stereocenters. The molecule has 0 N–H and O–H groups in total. The van der Waals surface area contributed by atoms with Gasteiger partial charge in [0.2, 0.25) is 5.91 Å². The molecule has 0 atom stereocenters. The van der Waals surface area contributed by atoms with Crippen LogP contribution in [0.1, 0.15) is 19.8 Å². The van der Waals surface area contributed by atoms with Crippen LogP contribution in [0.15, 0.2) is 18.2 Å². The summed E-state index contributed by atoms with van der Waals surface area (Å²) in [5.41, 5.74) is 1.00. The largest absolute Gasteiger partial charge is 0.495 e. The molecule has 2 rings (SSSR count). The molecule has 110 valence electrons. The second-order valence-corrected chi connectivity index (χ2v) is 5.37. The Morgan fingerprint density at radius 1 is 1.30 bits per heavy atom. The number of piperazine rings is 1. The molecule has 20 heavy (non-hydrogen) atoms. The van der Waals surface area contributed by atoms with E-state index >= 15 is 0 Å². The van der Waals surface area contributed by atoms with Gasteiger partial charge in [-0.3, -0.25) is 4.79 Å². The minimum absolute atomic E-state index is 0.255. The number of rotatable bonds is 4. The number of benzene rings is 1. The van der Waals surface area contributed by atoms with E-state index in [2.05, 4.69) is 4.90 Å². The average Bonchev–Trinajstić information content (AvgIpc) is 2.47. The van der Waals surface area contributed by atoms with Crippen molar-refractivity contribution in [2.24, 2.45) is 0 Å². The summed E-state index contributed by atoms with van der Waals surface area (Å²) < 4.78 is 5.39. The maximum atomic E-state index is 11.9. The van der Waals surface area contributed by atoms with Crippen LogP contribution < -0.4 is 9.64 Å². The monoisotopic (exact) mass is 296 g/mol. The molecule has 1 fully saturated rings. The van der Waals surface area contributed by atoms with Crippen LogP contribution in [0.3, 0.4) is 0 Å². The van der Waals surface area contributed by atoms with Crippen molar-refractivity contribution < 1.29 is 9.53 Å². The number of methoxy groups -OCH3 is 1. The molecule has 0 radical (unpaired) electrons. The van der Waals surface area contributed by atoms with Crippen LogP contribution in [0.5, 0.6) is 5.75 Å². The van der Waals surface area contributed by atoms with Crippen LogP contribution >= 0.6 is 11.6 Å². The van der Waals surface area contributed by atoms with Gasteiger partial charge < -0.3 is 14.5 Å². The molecule has 1 aromatic rings. The van der Waals surface area contributed by atoms with Crippen molar-refractivity contribution in [1.82, 2.24) is 4.90 Å². The van der Waals surface area contributed by atoms with E-state index < -0.39 is 0 Å². The first-order valence-corrected chi connectivity index (χ1v) is 7.39. The summed E-state index contributed by atoms with van der Waals surface area (Å²) in [6.45, 7) is 5.17. The molecule has 1 aliphatic heterocycles. The number of carbonyl (C=O) groups is 1. The Hall–Kier alpha value is -1.42. The summed E-state index contributed by atoms with van der Waals surface area (Å²) >= 11 is 6.07. The fourth-order valence-corrected chi connectivity index (χ4v) is 2.65. The van der Waals surface area contributed by atoms with Crippen LogP contribution in [0.25, 0.3) is 0 Å². The molecule has 0 spiro atoms. The van der Waals surface area contributed by atoms with Crippen molar-refractivity contribution in [3.05, 3.63) is 23.2 Å². The molecule has 1 aromatic carbocycles. The van der Waals surface area contributed by atoms with Crippen molar-refractivity contribution >= 4 is 23.2 Å². The second-order valence-electron chi connectivity index (χ2n) is 4.93. The predicted octanol–water partition coefficient (Wildman–Crippen LogP) is 2.80. The normalized spacial score (nSPS) is 15.3. The molecule has 0 saturated carbocycles. The molecule has 1 amide bonds. The van der Waals surface area contributed by atoms with Gasteiger partial charge in [-0.05, 0) is 24.6 Å². The minimum atomic E-state index is 0.255. The number of nitrogens with zero attached hydrogens (tertiary/aromatic N) is 2. The van der Waals surface area contributed by atoms with Crippen LogP contribution in [-0.2, 0) is 4.79 Å². The third kappa shape index (κ3) is 3.37. The summed E-state index contributed by atoms with van der Waals surface area (Å²) in [5, 5.41) is 0.699. The zero-order chi connectivity index (χ0) is 14.5. The van der Waals surface area contributed by atoms with E-state index in [1.54, 1.807) is 7.11 Å². The quantitative estimate of drug-likeness (QED) is 0.856. The van der Waals surface area contributed by atoms with Gasteiger partial charge in [-0.15, -0.1) is 0 Å². The molecule has 1 saturated heterocycles. The van der Waals surface area contributed by atoms with Gasteiger partial charge in [0.1, 0.15) is 5.75 Å². The zero-order valence-electron chi connectivity index (χ0n) is 12.1. The lowest BCUT2D eigenvalue weighted by molar-refractivity contribution is -0.131. The molecule has 4 nitrogen and oxygen atoms in total. The van der Waals surface area contributed by atoms with E-state index in [0.717, 1.165) is 44.0 Å². The Bertz CT molecular complexity index is 471. The molecular formula is C15H21ClN2O2. The van der Waals surface area contributed by atoms with Gasteiger partial charge in [0.05, 0.1) is 12.8 Å². The van der Waals surface area contributed by atoms with Crippen LogP contribution in [-0.4, -0.2) is 44.1 Å². The molecule has 1 heterocycles. The number of carbonyl (C=O) groups excluding carboxylic acids is 1. The highest BCUT2D eigenvalue weighted by Gasteiger charge is 2.22. The SMILES string of the molecule is CCCC(=O)N1CCN(c2cc(Cl)ccc2OC)CC1. The predicted molar refractivity (Wildman–Crippen MR) is 81.7 cm³/mol. The van der Waals surface area contributed by atoms with Crippen molar-refractivity contribution in [1.29, 1.82) is 0 Å². The third-order valence-corrected chi connectivity index (χ3v) is 3.81. The molecule has 0 aromatic heterocycles. The van der Waals surface area contributed by atoms with E-state index in [1.165, 1.54) is 0 Å². The number of ether oxygens (including phenoxy) is 1. The molecule has 1 aliphatic rings. The van der Waals surface area contributed by atoms with Gasteiger partial charge >= 0.3 is 0 Å². The first-order valence-electron chi connectivity index (χ1n) is 7.02. The molecular weight excluding hydrogens is 276 g/mol. The maximum absolute atomic E-state index is 11.9. The van der Waals surface area contributed by atoms with E-state index in [1.807, 2.05) is 30.0 Å². The van der Waals surface area contributed by atoms with Gasteiger partial charge in [-0.2, -0.15) is 0 Å². The highest BCUT2D eigenvalue weighted by molar-refractivity contribution is 6.30. The fourth-order valence-electron chi connectivity index (χ4n) is 2.48. The zero-order valence-corrected chi connectivity index (χ0v) is 12.8. The van der Waals surface area contributed by atoms with E-state index in [-0.39, 0.29) is 5.91 Å². The van der Waals surface area contributed by atoms with Gasteiger partial charge in [0.25, 0.3) is 0 Å². The summed E-state index contributed by atoms with van der Waals surface area (Å²) in [4.78, 5) is 16.0. The number of anilines is 1. The summed E-state index contributed by atoms with van der Waals surface area (Å²) in [6.07, 6.45) is 1.54. The van der Waals surface area contributed by atoms with Crippen molar-refractivity contribution in [3.63, 3.8) is 0 Å². The Morgan fingerprint density at radius 2 is 2.00 bits per heavy atom. The van der Waals surface area contributed by atoms with Crippen LogP contribution in [0.4, 0.5) is 5.69 Å². The summed E-state index contributed by atoms with van der Waals surface area (Å²) in [7, 11) is 1.66.